The number of fused-ring (bicyclic) bond motifs is 1. The Morgan fingerprint density at radius 3 is 2.65 bits per heavy atom. The first-order valence-corrected chi connectivity index (χ1v) is 9.92. The lowest BCUT2D eigenvalue weighted by molar-refractivity contribution is -0.120. The van der Waals surface area contributed by atoms with Gasteiger partial charge in [-0.3, -0.25) is 4.79 Å². The molecule has 0 radical (unpaired) electrons. The number of rotatable bonds is 4. The molecule has 1 aromatic carbocycles. The van der Waals surface area contributed by atoms with Crippen LogP contribution in [-0.2, 0) is 4.79 Å². The highest BCUT2D eigenvalue weighted by molar-refractivity contribution is 5.95. The fraction of sp³-hybridized carbons (Fsp3) is 0.227. The average molecular weight is 416 g/mol. The molecule has 5 rings (SSSR count). The summed E-state index contributed by atoms with van der Waals surface area (Å²) in [6.07, 6.45) is 1.49. The van der Waals surface area contributed by atoms with Crippen LogP contribution >= 0.6 is 0 Å². The van der Waals surface area contributed by atoms with E-state index in [0.29, 0.717) is 24.5 Å². The van der Waals surface area contributed by atoms with Gasteiger partial charge in [0.15, 0.2) is 5.82 Å². The molecule has 0 unspecified atom stereocenters. The number of aryl methyl sites for hydroxylation is 2. The Bertz CT molecular complexity index is 1350. The molecule has 0 atom stereocenters. The van der Waals surface area contributed by atoms with Gasteiger partial charge in [0, 0.05) is 30.2 Å². The van der Waals surface area contributed by atoms with Crippen molar-refractivity contribution in [3.63, 3.8) is 0 Å². The van der Waals surface area contributed by atoms with Crippen molar-refractivity contribution in [1.82, 2.24) is 19.7 Å². The van der Waals surface area contributed by atoms with E-state index in [-0.39, 0.29) is 17.5 Å². The van der Waals surface area contributed by atoms with Gasteiger partial charge in [0.25, 0.3) is 0 Å². The minimum absolute atomic E-state index is 0.149. The Morgan fingerprint density at radius 1 is 1.10 bits per heavy atom. The summed E-state index contributed by atoms with van der Waals surface area (Å²) < 4.78 is 7.04. The Kier molecular flexibility index (Phi) is 4.50. The van der Waals surface area contributed by atoms with Crippen LogP contribution in [0.4, 0.5) is 11.5 Å². The number of hydrogen-bond acceptors (Lipinski definition) is 7. The number of carbonyl (C=O) groups is 1. The van der Waals surface area contributed by atoms with Crippen molar-refractivity contribution < 1.29 is 9.21 Å². The van der Waals surface area contributed by atoms with Crippen LogP contribution < -0.4 is 15.8 Å². The molecule has 4 heterocycles. The Balaban J connectivity index is 1.27. The number of carbonyl (C=O) groups excluding carboxylic acids is 1. The predicted octanol–water partition coefficient (Wildman–Crippen LogP) is 2.46. The zero-order chi connectivity index (χ0) is 21.5. The highest BCUT2D eigenvalue weighted by Gasteiger charge is 2.34. The second kappa shape index (κ2) is 7.35. The highest BCUT2D eigenvalue weighted by Crippen LogP contribution is 2.25. The van der Waals surface area contributed by atoms with Gasteiger partial charge in [-0.1, -0.05) is 18.2 Å². The standard InChI is InChI=1S/C22H20N6O3/c1-13-7-14(2)28(26-13)20-9-19(23-12-24-20)27-10-16(11-27)21(29)25-17-8-15-5-3-4-6-18(15)31-22(17)30/h3-9,12,16H,10-11H2,1-2H3,(H,25,29). The summed E-state index contributed by atoms with van der Waals surface area (Å²) in [6, 6.07) is 12.7. The molecule has 0 bridgehead atoms. The van der Waals surface area contributed by atoms with Gasteiger partial charge >= 0.3 is 5.63 Å². The van der Waals surface area contributed by atoms with E-state index in [1.807, 2.05) is 43.0 Å². The molecule has 1 aliphatic rings. The summed E-state index contributed by atoms with van der Waals surface area (Å²) in [7, 11) is 0. The molecule has 0 aliphatic carbocycles. The van der Waals surface area contributed by atoms with E-state index >= 15 is 0 Å². The molecular formula is C22H20N6O3. The molecule has 1 N–H and O–H groups in total. The minimum Gasteiger partial charge on any atom is -0.421 e. The number of anilines is 2. The van der Waals surface area contributed by atoms with E-state index < -0.39 is 5.63 Å². The van der Waals surface area contributed by atoms with Gasteiger partial charge in [0.1, 0.15) is 23.4 Å². The second-order valence-electron chi connectivity index (χ2n) is 7.65. The fourth-order valence-electron chi connectivity index (χ4n) is 3.70. The Morgan fingerprint density at radius 2 is 1.87 bits per heavy atom. The number of para-hydroxylation sites is 1. The Hall–Kier alpha value is -4.01. The normalized spacial score (nSPS) is 13.9. The lowest BCUT2D eigenvalue weighted by atomic mass is 9.99. The second-order valence-corrected chi connectivity index (χ2v) is 7.65. The quantitative estimate of drug-likeness (QED) is 0.509. The molecule has 9 nitrogen and oxygen atoms in total. The zero-order valence-electron chi connectivity index (χ0n) is 17.1. The number of benzene rings is 1. The highest BCUT2D eigenvalue weighted by atomic mass is 16.4. The molecular weight excluding hydrogens is 396 g/mol. The van der Waals surface area contributed by atoms with Gasteiger partial charge in [-0.25, -0.2) is 19.4 Å². The average Bonchev–Trinajstić information content (AvgIpc) is 3.06. The van der Waals surface area contributed by atoms with Crippen LogP contribution in [0.1, 0.15) is 11.4 Å². The van der Waals surface area contributed by atoms with Crippen LogP contribution in [0.5, 0.6) is 0 Å². The maximum Gasteiger partial charge on any atom is 0.360 e. The molecule has 31 heavy (non-hydrogen) atoms. The first-order chi connectivity index (χ1) is 15.0. The van der Waals surface area contributed by atoms with Crippen LogP contribution in [0.15, 0.2) is 58.0 Å². The van der Waals surface area contributed by atoms with Crippen LogP contribution in [0.3, 0.4) is 0 Å². The first-order valence-electron chi connectivity index (χ1n) is 9.92. The largest absolute Gasteiger partial charge is 0.421 e. The number of amides is 1. The molecule has 0 spiro atoms. The van der Waals surface area contributed by atoms with E-state index in [9.17, 15) is 9.59 Å². The number of hydrogen-bond donors (Lipinski definition) is 1. The lowest BCUT2D eigenvalue weighted by Gasteiger charge is -2.39. The first kappa shape index (κ1) is 19.0. The number of nitrogens with one attached hydrogen (secondary N) is 1. The van der Waals surface area contributed by atoms with Crippen LogP contribution in [0.25, 0.3) is 16.8 Å². The van der Waals surface area contributed by atoms with Crippen LogP contribution in [-0.4, -0.2) is 38.7 Å². The number of aromatic nitrogens is 4. The summed E-state index contributed by atoms with van der Waals surface area (Å²) in [5.41, 5.74) is 1.97. The molecule has 1 saturated heterocycles. The molecule has 0 saturated carbocycles. The Labute approximate surface area is 177 Å². The number of nitrogens with zero attached hydrogens (tertiary/aromatic N) is 5. The van der Waals surface area contributed by atoms with Gasteiger partial charge in [-0.2, -0.15) is 5.10 Å². The van der Waals surface area contributed by atoms with E-state index in [2.05, 4.69) is 20.4 Å². The summed E-state index contributed by atoms with van der Waals surface area (Å²) in [5, 5.41) is 7.91. The third kappa shape index (κ3) is 3.54. The van der Waals surface area contributed by atoms with Crippen LogP contribution in [0, 0.1) is 19.8 Å². The summed E-state index contributed by atoms with van der Waals surface area (Å²) >= 11 is 0. The van der Waals surface area contributed by atoms with Gasteiger partial charge in [0.05, 0.1) is 11.6 Å². The van der Waals surface area contributed by atoms with E-state index in [0.717, 1.165) is 22.6 Å². The SMILES string of the molecule is Cc1cc(C)n(-c2cc(N3CC(C(=O)Nc4cc5ccccc5oc4=O)C3)ncn2)n1. The third-order valence-corrected chi connectivity index (χ3v) is 5.34. The van der Waals surface area contributed by atoms with Gasteiger partial charge in [-0.15, -0.1) is 0 Å². The van der Waals surface area contributed by atoms with Gasteiger partial charge in [0.2, 0.25) is 5.91 Å². The van der Waals surface area contributed by atoms with Crippen molar-refractivity contribution >= 4 is 28.4 Å². The van der Waals surface area contributed by atoms with Crippen molar-refractivity contribution in [3.05, 3.63) is 70.6 Å². The molecule has 156 valence electrons. The van der Waals surface area contributed by atoms with Gasteiger partial charge in [-0.05, 0) is 32.0 Å². The summed E-state index contributed by atoms with van der Waals surface area (Å²) in [5.74, 6) is 0.939. The van der Waals surface area contributed by atoms with E-state index in [1.54, 1.807) is 22.9 Å². The third-order valence-electron chi connectivity index (χ3n) is 5.34. The van der Waals surface area contributed by atoms with Crippen LogP contribution in [0.2, 0.25) is 0 Å². The fourth-order valence-corrected chi connectivity index (χ4v) is 3.70. The van der Waals surface area contributed by atoms with Crippen molar-refractivity contribution in [2.75, 3.05) is 23.3 Å². The molecule has 3 aromatic heterocycles. The smallest absolute Gasteiger partial charge is 0.360 e. The van der Waals surface area contributed by atoms with Crippen molar-refractivity contribution in [3.8, 4) is 5.82 Å². The summed E-state index contributed by atoms with van der Waals surface area (Å²) in [4.78, 5) is 35.4. The predicted molar refractivity (Wildman–Crippen MR) is 115 cm³/mol. The molecule has 1 fully saturated rings. The summed E-state index contributed by atoms with van der Waals surface area (Å²) in [6.45, 7) is 4.89. The monoisotopic (exact) mass is 416 g/mol. The van der Waals surface area contributed by atoms with Gasteiger partial charge < -0.3 is 14.6 Å². The molecule has 4 aromatic rings. The molecule has 1 amide bonds. The van der Waals surface area contributed by atoms with Crippen molar-refractivity contribution in [1.29, 1.82) is 0 Å². The van der Waals surface area contributed by atoms with Crippen molar-refractivity contribution in [2.24, 2.45) is 5.92 Å². The molecule has 1 aliphatic heterocycles. The minimum atomic E-state index is -0.562. The maximum atomic E-state index is 12.6. The van der Waals surface area contributed by atoms with E-state index in [4.69, 9.17) is 4.42 Å². The topological polar surface area (TPSA) is 106 Å². The maximum absolute atomic E-state index is 12.6. The van der Waals surface area contributed by atoms with Crippen molar-refractivity contribution in [2.45, 2.75) is 13.8 Å². The van der Waals surface area contributed by atoms with E-state index in [1.165, 1.54) is 6.33 Å². The molecule has 9 heteroatoms. The lowest BCUT2D eigenvalue weighted by Crippen LogP contribution is -2.52. The zero-order valence-corrected chi connectivity index (χ0v) is 17.1.